The molecule has 0 saturated carbocycles. The molecule has 8 aliphatic rings. The number of pyridine rings is 3. The summed E-state index contributed by atoms with van der Waals surface area (Å²) in [5.41, 5.74) is 18.9. The van der Waals surface area contributed by atoms with Gasteiger partial charge in [0.15, 0.2) is 69.3 Å². The molecule has 17 rings (SSSR count). The molecule has 9 aromatic heterocycles. The summed E-state index contributed by atoms with van der Waals surface area (Å²) in [4.78, 5) is 123. The van der Waals surface area contributed by atoms with Crippen LogP contribution in [0.15, 0.2) is 74.4 Å². The molecule has 0 atom stereocenters. The fraction of sp³-hybridized carbons (Fsp3) is 0.480. The number of nitrogens with two attached hydrogens (primary N) is 3. The highest BCUT2D eigenvalue weighted by Crippen LogP contribution is 2.38. The normalized spacial score (nSPS) is 18.9. The zero-order valence-electron chi connectivity index (χ0n) is 64.7. The molecule has 0 bridgehead atoms. The summed E-state index contributed by atoms with van der Waals surface area (Å²) in [7, 11) is 4.16. The van der Waals surface area contributed by atoms with Crippen LogP contribution in [0.1, 0.15) is 76.5 Å². The second kappa shape index (κ2) is 34.6. The molecule has 0 spiro atoms. The topological polar surface area (TPSA) is 419 Å². The Hall–Kier alpha value is -11.7. The minimum absolute atomic E-state index is 0. The summed E-state index contributed by atoms with van der Waals surface area (Å²) in [5, 5.41) is 19.8. The zero-order valence-corrected chi connectivity index (χ0v) is 64.7. The van der Waals surface area contributed by atoms with Crippen molar-refractivity contribution in [3.63, 3.8) is 0 Å². The lowest BCUT2D eigenvalue weighted by Crippen LogP contribution is -2.65. The fourth-order valence-corrected chi connectivity index (χ4v) is 16.6. The van der Waals surface area contributed by atoms with E-state index < -0.39 is 52.6 Å². The van der Waals surface area contributed by atoms with Gasteiger partial charge in [-0.25, -0.2) is 54.8 Å². The third kappa shape index (κ3) is 17.3. The summed E-state index contributed by atoms with van der Waals surface area (Å²) in [5.74, 6) is -6.03. The van der Waals surface area contributed by atoms with Gasteiger partial charge in [-0.15, -0.1) is 15.3 Å². The number of piperidine rings is 3. The number of likely N-dealkylation sites (N-methyl/N-ethyl adjacent to an activating group) is 2. The number of likely N-dealkylation sites (tertiary alicyclic amines) is 1. The summed E-state index contributed by atoms with van der Waals surface area (Å²) >= 11 is 0. The molecule has 622 valence electrons. The minimum atomic E-state index is -0.674. The van der Waals surface area contributed by atoms with Gasteiger partial charge in [-0.2, -0.15) is 0 Å². The first-order valence-corrected chi connectivity index (χ1v) is 38.6. The third-order valence-corrected chi connectivity index (χ3v) is 23.1. The number of nitrogens with one attached hydrogen (secondary N) is 3. The predicted molar refractivity (Wildman–Crippen MR) is 418 cm³/mol. The monoisotopic (exact) mass is 1630 g/mol. The molecule has 8 aliphatic heterocycles. The number of piperazine rings is 3. The smallest absolute Gasteiger partial charge is 0.263 e. The van der Waals surface area contributed by atoms with E-state index in [-0.39, 0.29) is 132 Å². The largest absolute Gasteiger partial charge is 0.412 e. The molecule has 0 aromatic carbocycles. The maximum absolute atomic E-state index is 15.1. The maximum atomic E-state index is 15.1. The first-order chi connectivity index (χ1) is 55.8. The number of hydrogen-bond acceptors (Lipinski definition) is 26. The summed E-state index contributed by atoms with van der Waals surface area (Å²) in [6.07, 6.45) is 16.8. The van der Waals surface area contributed by atoms with Gasteiger partial charge in [0.05, 0.1) is 110 Å². The van der Waals surface area contributed by atoms with Crippen LogP contribution in [0.25, 0.3) is 16.9 Å². The summed E-state index contributed by atoms with van der Waals surface area (Å²) < 4.78 is 94.3. The first-order valence-electron chi connectivity index (χ1n) is 38.6. The lowest BCUT2D eigenvalue weighted by atomic mass is 9.93. The summed E-state index contributed by atoms with van der Waals surface area (Å²) in [6.45, 7) is 18.0. The molecule has 0 radical (unpaired) electrons. The number of fused-ring (bicyclic) bond motifs is 3. The number of halogens is 6. The van der Waals surface area contributed by atoms with Crippen molar-refractivity contribution in [3.05, 3.63) is 126 Å². The van der Waals surface area contributed by atoms with Crippen LogP contribution < -0.4 is 47.9 Å². The van der Waals surface area contributed by atoms with Gasteiger partial charge in [-0.1, -0.05) is 0 Å². The van der Waals surface area contributed by atoms with Crippen molar-refractivity contribution >= 4 is 104 Å². The van der Waals surface area contributed by atoms with Crippen molar-refractivity contribution in [2.75, 3.05) is 206 Å². The fourth-order valence-electron chi connectivity index (χ4n) is 16.6. The highest BCUT2D eigenvalue weighted by atomic mass is 19.1. The van der Waals surface area contributed by atoms with Crippen molar-refractivity contribution < 1.29 is 65.3 Å². The van der Waals surface area contributed by atoms with Crippen LogP contribution in [0, 0.1) is 52.7 Å². The van der Waals surface area contributed by atoms with Crippen LogP contribution >= 0.6 is 0 Å². The van der Waals surface area contributed by atoms with Gasteiger partial charge in [0.25, 0.3) is 17.7 Å². The Kier molecular flexibility index (Phi) is 24.2. The maximum Gasteiger partial charge on any atom is 0.263 e. The predicted octanol–water partition coefficient (Wildman–Crippen LogP) is 2.70. The van der Waals surface area contributed by atoms with E-state index in [4.69, 9.17) is 21.9 Å². The molecule has 8 fully saturated rings. The number of aromatic nitrogens is 12. The van der Waals surface area contributed by atoms with Crippen LogP contribution in [0.4, 0.5) is 77.9 Å². The second-order valence-electron chi connectivity index (χ2n) is 30.8. The number of anilines is 9. The Morgan fingerprint density at radius 2 is 0.726 bits per heavy atom. The lowest BCUT2D eigenvalue weighted by Gasteiger charge is -2.50. The standard InChI is InChI=1S/C26H32F2N10O2.C26H31F2N9O3.C23H27F2N9O2.H2O/c1-34-14-18(15-34)35-6-8-37(9-7-35)26(40)16-2-4-36(5-3-16)22-19(28)11-30-12-20(22)32-25(39)21-23(29)33-38-13-17(27)10-31-24(21)38;1-26(14-40-15-26)36-8-6-35(7-9-36)25(39)16-2-4-34(5-3-16)21-18(28)11-30-12-19(21)32-24(38)20-22(29)33-37-13-17(27)10-31-23(20)37;1-31-6-8-33(9-7-31)23(36)14-2-4-32(5-3-14)19-16(25)11-27-12-17(19)29-22(35)18-20(26)30-34-13-15(24)10-28-21(18)34;/h10-13,16,18H,2-9,14-15H2,1H3,(H2,29,33)(H,32,39);10-13,16H,2-9,14-15H2,1H3,(H2,29,33)(H,32,38);10-14H,2-9H2,1H3,(H2,26,30)(H,29,35);1H2. The van der Waals surface area contributed by atoms with Gasteiger partial charge in [-0.05, 0) is 59.5 Å². The Bertz CT molecular complexity index is 5180. The molecule has 9 aromatic rings. The van der Waals surface area contributed by atoms with Crippen molar-refractivity contribution in [3.8, 4) is 0 Å². The van der Waals surface area contributed by atoms with Crippen molar-refractivity contribution in [1.82, 2.24) is 93.0 Å². The number of carbonyl (C=O) groups is 6. The molecular formula is C75H92F6N28O8. The Morgan fingerprint density at radius 1 is 0.419 bits per heavy atom. The number of carbonyl (C=O) groups excluding carboxylic acids is 6. The molecule has 11 N–H and O–H groups in total. The minimum Gasteiger partial charge on any atom is -0.412 e. The molecular weight excluding hydrogens is 1540 g/mol. The zero-order chi connectivity index (χ0) is 81.4. The highest BCUT2D eigenvalue weighted by molar-refractivity contribution is 6.14. The van der Waals surface area contributed by atoms with Crippen LogP contribution in [0.5, 0.6) is 0 Å². The Balaban J connectivity index is 0.000000144. The van der Waals surface area contributed by atoms with Crippen molar-refractivity contribution in [2.45, 2.75) is 57.0 Å². The molecule has 36 nitrogen and oxygen atoms in total. The van der Waals surface area contributed by atoms with Gasteiger partial charge in [0, 0.05) is 155 Å². The highest BCUT2D eigenvalue weighted by Gasteiger charge is 2.43. The Morgan fingerprint density at radius 3 is 1.03 bits per heavy atom. The van der Waals surface area contributed by atoms with Crippen LogP contribution in [0.3, 0.4) is 0 Å². The van der Waals surface area contributed by atoms with E-state index >= 15 is 8.78 Å². The van der Waals surface area contributed by atoms with Crippen LogP contribution in [-0.4, -0.2) is 304 Å². The van der Waals surface area contributed by atoms with Gasteiger partial charge >= 0.3 is 0 Å². The van der Waals surface area contributed by atoms with E-state index in [9.17, 15) is 46.3 Å². The van der Waals surface area contributed by atoms with E-state index in [1.807, 2.05) is 36.4 Å². The average Bonchev–Trinajstić information content (AvgIpc) is 1.78. The third-order valence-electron chi connectivity index (χ3n) is 23.1. The number of ether oxygens (including phenoxy) is 1. The van der Waals surface area contributed by atoms with E-state index in [0.29, 0.717) is 96.9 Å². The van der Waals surface area contributed by atoms with Crippen LogP contribution in [0.2, 0.25) is 0 Å². The number of amides is 6. The molecule has 0 aliphatic carbocycles. The number of nitrogens with zero attached hydrogens (tertiary/aromatic N) is 22. The van der Waals surface area contributed by atoms with Crippen LogP contribution in [-0.2, 0) is 19.1 Å². The molecule has 8 saturated heterocycles. The van der Waals surface area contributed by atoms with Gasteiger partial charge in [0.2, 0.25) is 17.7 Å². The quantitative estimate of drug-likeness (QED) is 0.0852. The summed E-state index contributed by atoms with van der Waals surface area (Å²) in [6, 6.07) is 0.596. The second-order valence-corrected chi connectivity index (χ2v) is 30.8. The SMILES string of the molecule is CC1(N2CCN(C(=O)C3CCN(c4c(F)cncc4NC(=O)c4c(N)nn5cc(F)cnc45)CC3)CC2)COC1.CN1CC(N2CCN(C(=O)C3CCN(c4c(F)cncc4NC(=O)c4c(N)nn5cc(F)cnc45)CC3)CC2)C1.CN1CCN(C(=O)C2CCN(c3c(F)cncc3NC(=O)c3c(N)nn4cc(F)cnc34)CC2)CC1.O. The molecule has 42 heteroatoms. The molecule has 117 heavy (non-hydrogen) atoms. The Labute approximate surface area is 666 Å². The average molecular weight is 1630 g/mol. The van der Waals surface area contributed by atoms with E-state index in [1.54, 1.807) is 0 Å². The number of hydrogen-bond donors (Lipinski definition) is 6. The van der Waals surface area contributed by atoms with Crippen molar-refractivity contribution in [1.29, 1.82) is 0 Å². The lowest BCUT2D eigenvalue weighted by molar-refractivity contribution is -0.152. The van der Waals surface area contributed by atoms with Crippen molar-refractivity contribution in [2.24, 2.45) is 17.8 Å². The number of nitrogen functional groups attached to an aromatic ring is 3. The van der Waals surface area contributed by atoms with E-state index in [2.05, 4.69) is 94.7 Å². The molecule has 6 amide bonds. The number of rotatable bonds is 14. The van der Waals surface area contributed by atoms with E-state index in [1.165, 1.54) is 18.6 Å². The first kappa shape index (κ1) is 81.8. The van der Waals surface area contributed by atoms with Gasteiger partial charge in [0.1, 0.15) is 33.8 Å². The molecule has 17 heterocycles. The van der Waals surface area contributed by atoms with Gasteiger partial charge < -0.3 is 82.6 Å². The van der Waals surface area contributed by atoms with E-state index in [0.717, 1.165) is 161 Å². The van der Waals surface area contributed by atoms with Gasteiger partial charge in [-0.3, -0.25) is 53.5 Å². The molecule has 0 unspecified atom stereocenters.